The number of methoxy groups -OCH3 is 1. The van der Waals surface area contributed by atoms with E-state index in [2.05, 4.69) is 4.99 Å². The summed E-state index contributed by atoms with van der Waals surface area (Å²) >= 11 is 1.32. The van der Waals surface area contributed by atoms with Gasteiger partial charge in [-0.3, -0.25) is 9.69 Å². The molecule has 3 rings (SSSR count). The predicted octanol–water partition coefficient (Wildman–Crippen LogP) is 4.24. The number of benzene rings is 2. The molecular weight excluding hydrogens is 414 g/mol. The van der Waals surface area contributed by atoms with Gasteiger partial charge in [0.15, 0.2) is 23.3 Å². The normalized spacial score (nSPS) is 16.0. The van der Waals surface area contributed by atoms with E-state index >= 15 is 0 Å². The van der Waals surface area contributed by atoms with Crippen molar-refractivity contribution in [3.05, 3.63) is 59.0 Å². The van der Waals surface area contributed by atoms with Crippen LogP contribution in [0.2, 0.25) is 0 Å². The van der Waals surface area contributed by atoms with Crippen molar-refractivity contribution in [2.75, 3.05) is 33.5 Å². The summed E-state index contributed by atoms with van der Waals surface area (Å²) in [4.78, 5) is 19.9. The fourth-order valence-corrected chi connectivity index (χ4v) is 3.88. The Labute approximate surface area is 185 Å². The molecule has 1 amide bonds. The third-order valence-corrected chi connectivity index (χ3v) is 5.32. The van der Waals surface area contributed by atoms with Gasteiger partial charge in [-0.1, -0.05) is 24.3 Å². The van der Waals surface area contributed by atoms with Gasteiger partial charge in [0, 0.05) is 6.61 Å². The molecule has 0 spiro atoms. The fraction of sp³-hybridized carbons (Fsp3) is 0.261. The molecule has 0 N–H and O–H groups in total. The van der Waals surface area contributed by atoms with Crippen LogP contribution in [0.1, 0.15) is 12.5 Å². The van der Waals surface area contributed by atoms with Gasteiger partial charge in [0.2, 0.25) is 0 Å². The molecule has 2 aromatic carbocycles. The van der Waals surface area contributed by atoms with Gasteiger partial charge in [-0.2, -0.15) is 5.26 Å². The number of hydrogen-bond acceptors (Lipinski definition) is 7. The molecule has 1 aliphatic heterocycles. The number of aliphatic imine (C=N–C) groups is 1. The minimum Gasteiger partial charge on any atom is -0.493 e. The molecule has 0 aromatic heterocycles. The molecule has 0 bridgehead atoms. The number of ether oxygens (including phenoxy) is 3. The molecule has 8 heteroatoms. The Morgan fingerprint density at radius 1 is 1.19 bits per heavy atom. The molecular formula is C23H23N3O4S. The largest absolute Gasteiger partial charge is 0.493 e. The lowest BCUT2D eigenvalue weighted by molar-refractivity contribution is -0.122. The van der Waals surface area contributed by atoms with Crippen molar-refractivity contribution >= 4 is 34.6 Å². The van der Waals surface area contributed by atoms with Gasteiger partial charge < -0.3 is 14.2 Å². The Bertz CT molecular complexity index is 1020. The van der Waals surface area contributed by atoms with Crippen LogP contribution in [0, 0.1) is 11.3 Å². The second-order valence-corrected chi connectivity index (χ2v) is 7.36. The number of nitriles is 1. The number of thioether (sulfide) groups is 1. The molecule has 1 fully saturated rings. The number of amidine groups is 1. The molecule has 0 saturated carbocycles. The molecule has 0 radical (unpaired) electrons. The van der Waals surface area contributed by atoms with Crippen molar-refractivity contribution in [2.45, 2.75) is 6.92 Å². The van der Waals surface area contributed by atoms with Gasteiger partial charge in [-0.05, 0) is 54.6 Å². The molecule has 160 valence electrons. The quantitative estimate of drug-likeness (QED) is 0.431. The summed E-state index contributed by atoms with van der Waals surface area (Å²) in [6.07, 6.45) is 1.80. The van der Waals surface area contributed by atoms with Crippen molar-refractivity contribution < 1.29 is 19.0 Å². The smallest absolute Gasteiger partial charge is 0.266 e. The van der Waals surface area contributed by atoms with Crippen LogP contribution in [-0.4, -0.2) is 49.4 Å². The van der Waals surface area contributed by atoms with Crippen molar-refractivity contribution in [3.63, 3.8) is 0 Å². The summed E-state index contributed by atoms with van der Waals surface area (Å²) in [5.41, 5.74) is 1.56. The summed E-state index contributed by atoms with van der Waals surface area (Å²) < 4.78 is 16.2. The van der Waals surface area contributed by atoms with E-state index in [1.165, 1.54) is 18.9 Å². The first-order chi connectivity index (χ1) is 15.2. The summed E-state index contributed by atoms with van der Waals surface area (Å²) in [6.45, 7) is 3.29. The van der Waals surface area contributed by atoms with E-state index in [-0.39, 0.29) is 12.5 Å². The average Bonchev–Trinajstić information content (AvgIpc) is 3.07. The molecule has 0 aliphatic carbocycles. The van der Waals surface area contributed by atoms with Gasteiger partial charge in [0.1, 0.15) is 6.07 Å². The molecule has 0 atom stereocenters. The van der Waals surface area contributed by atoms with Crippen LogP contribution in [0.3, 0.4) is 0 Å². The van der Waals surface area contributed by atoms with E-state index in [0.29, 0.717) is 41.3 Å². The van der Waals surface area contributed by atoms with E-state index in [9.17, 15) is 4.79 Å². The molecule has 1 saturated heterocycles. The molecule has 0 unspecified atom stereocenters. The summed E-state index contributed by atoms with van der Waals surface area (Å²) in [6, 6.07) is 16.8. The van der Waals surface area contributed by atoms with Gasteiger partial charge in [0.05, 0.1) is 30.9 Å². The zero-order chi connectivity index (χ0) is 22.1. The lowest BCUT2D eigenvalue weighted by Crippen LogP contribution is -2.32. The van der Waals surface area contributed by atoms with E-state index in [1.54, 1.807) is 23.1 Å². The van der Waals surface area contributed by atoms with Crippen molar-refractivity contribution in [3.8, 4) is 17.6 Å². The Morgan fingerprint density at radius 2 is 2.00 bits per heavy atom. The number of hydrogen-bond donors (Lipinski definition) is 0. The maximum Gasteiger partial charge on any atom is 0.266 e. The van der Waals surface area contributed by atoms with Crippen molar-refractivity contribution in [1.29, 1.82) is 5.26 Å². The van der Waals surface area contributed by atoms with Crippen LogP contribution in [0.15, 0.2) is 58.4 Å². The Balaban J connectivity index is 1.88. The monoisotopic (exact) mass is 437 g/mol. The third-order valence-electron chi connectivity index (χ3n) is 4.31. The fourth-order valence-electron chi connectivity index (χ4n) is 2.86. The van der Waals surface area contributed by atoms with Crippen LogP contribution in [-0.2, 0) is 9.53 Å². The molecule has 7 nitrogen and oxygen atoms in total. The van der Waals surface area contributed by atoms with Gasteiger partial charge >= 0.3 is 0 Å². The summed E-state index contributed by atoms with van der Waals surface area (Å²) in [5.74, 6) is 0.843. The second-order valence-electron chi connectivity index (χ2n) is 6.35. The number of rotatable bonds is 9. The minimum atomic E-state index is -0.122. The predicted molar refractivity (Wildman–Crippen MR) is 121 cm³/mol. The summed E-state index contributed by atoms with van der Waals surface area (Å²) in [5, 5.41) is 9.32. The first-order valence-corrected chi connectivity index (χ1v) is 10.6. The first kappa shape index (κ1) is 22.4. The molecule has 1 aliphatic rings. The van der Waals surface area contributed by atoms with Crippen molar-refractivity contribution in [1.82, 2.24) is 4.90 Å². The highest BCUT2D eigenvalue weighted by Crippen LogP contribution is 2.35. The zero-order valence-electron chi connectivity index (χ0n) is 17.4. The van der Waals surface area contributed by atoms with Crippen molar-refractivity contribution in [2.24, 2.45) is 4.99 Å². The molecule has 2 aromatic rings. The van der Waals surface area contributed by atoms with E-state index in [4.69, 9.17) is 19.5 Å². The van der Waals surface area contributed by atoms with Gasteiger partial charge in [0.25, 0.3) is 5.91 Å². The number of amides is 1. The Kier molecular flexibility index (Phi) is 8.10. The van der Waals surface area contributed by atoms with Gasteiger partial charge in [-0.25, -0.2) is 4.99 Å². The van der Waals surface area contributed by atoms with Crippen LogP contribution in [0.4, 0.5) is 5.69 Å². The summed E-state index contributed by atoms with van der Waals surface area (Å²) in [7, 11) is 1.53. The zero-order valence-corrected chi connectivity index (χ0v) is 18.2. The Morgan fingerprint density at radius 3 is 2.71 bits per heavy atom. The number of para-hydroxylation sites is 1. The van der Waals surface area contributed by atoms with Crippen LogP contribution in [0.5, 0.6) is 11.5 Å². The minimum absolute atomic E-state index is 0.0702. The highest BCUT2D eigenvalue weighted by molar-refractivity contribution is 8.18. The van der Waals surface area contributed by atoms with Crippen LogP contribution < -0.4 is 9.47 Å². The lowest BCUT2D eigenvalue weighted by Gasteiger charge is -2.15. The topological polar surface area (TPSA) is 84.1 Å². The number of carbonyl (C=O) groups excluding carboxylic acids is 1. The highest BCUT2D eigenvalue weighted by Gasteiger charge is 2.33. The second kappa shape index (κ2) is 11.2. The first-order valence-electron chi connectivity index (χ1n) is 9.77. The maximum absolute atomic E-state index is 13.1. The van der Waals surface area contributed by atoms with E-state index < -0.39 is 0 Å². The Hall–Kier alpha value is -3.28. The molecule has 31 heavy (non-hydrogen) atoms. The average molecular weight is 438 g/mol. The van der Waals surface area contributed by atoms with E-state index in [0.717, 1.165) is 11.3 Å². The highest BCUT2D eigenvalue weighted by atomic mass is 32.2. The molecule has 1 heterocycles. The SMILES string of the molecule is CCOCCN1C(=O)/C(=C/c2ccc(OCC#N)c(OC)c2)SC1=Nc1ccccc1. The number of carbonyl (C=O) groups is 1. The van der Waals surface area contributed by atoms with E-state index in [1.807, 2.05) is 49.4 Å². The third kappa shape index (κ3) is 5.87. The number of nitrogens with zero attached hydrogens (tertiary/aromatic N) is 3. The lowest BCUT2D eigenvalue weighted by atomic mass is 10.2. The standard InChI is InChI=1S/C23H23N3O4S/c1-3-29-14-12-26-22(27)21(31-23(26)25-18-7-5-4-6-8-18)16-17-9-10-19(30-13-11-24)20(15-17)28-2/h4-10,15-16H,3,12-14H2,1-2H3/b21-16-,25-23?. The van der Waals surface area contributed by atoms with Crippen LogP contribution >= 0.6 is 11.8 Å². The van der Waals surface area contributed by atoms with Crippen LogP contribution in [0.25, 0.3) is 6.08 Å². The maximum atomic E-state index is 13.1. The van der Waals surface area contributed by atoms with Gasteiger partial charge in [-0.15, -0.1) is 0 Å².